The molecule has 1 N–H and O–H groups in total. The van der Waals surface area contributed by atoms with Gasteiger partial charge in [0, 0.05) is 20.8 Å². The van der Waals surface area contributed by atoms with Gasteiger partial charge in [0.2, 0.25) is 5.91 Å². The molecular weight excluding hydrogens is 324 g/mol. The van der Waals surface area contributed by atoms with Crippen molar-refractivity contribution >= 4 is 46.4 Å². The monoisotopic (exact) mass is 331 g/mol. The van der Waals surface area contributed by atoms with Crippen LogP contribution >= 0.6 is 34.8 Å². The number of rotatable bonds is 3. The van der Waals surface area contributed by atoms with Gasteiger partial charge in [-0.2, -0.15) is 0 Å². The summed E-state index contributed by atoms with van der Waals surface area (Å²) in [5, 5.41) is 3.71. The topological polar surface area (TPSA) is 29.1 Å². The van der Waals surface area contributed by atoms with Gasteiger partial charge in [0.05, 0.1) is 6.42 Å². The number of hydrogen-bond acceptors (Lipinski definition) is 1. The lowest BCUT2D eigenvalue weighted by Gasteiger charge is -2.07. The summed E-state index contributed by atoms with van der Waals surface area (Å²) < 4.78 is 13.6. The van der Waals surface area contributed by atoms with Crippen molar-refractivity contribution in [2.24, 2.45) is 0 Å². The first-order valence-corrected chi connectivity index (χ1v) is 6.77. The molecule has 2 nitrogen and oxygen atoms in total. The molecule has 0 aromatic heterocycles. The normalized spacial score (nSPS) is 10.4. The highest BCUT2D eigenvalue weighted by molar-refractivity contribution is 6.35. The highest BCUT2D eigenvalue weighted by atomic mass is 35.5. The van der Waals surface area contributed by atoms with Crippen LogP contribution in [0.4, 0.5) is 10.1 Å². The number of anilines is 1. The largest absolute Gasteiger partial charge is 0.326 e. The molecule has 2 aromatic carbocycles. The molecule has 0 bridgehead atoms. The van der Waals surface area contributed by atoms with E-state index in [4.69, 9.17) is 34.8 Å². The lowest BCUT2D eigenvalue weighted by Crippen LogP contribution is -2.15. The molecule has 104 valence electrons. The molecule has 0 atom stereocenters. The number of carbonyl (C=O) groups excluding carboxylic acids is 1. The molecule has 0 saturated carbocycles. The van der Waals surface area contributed by atoms with Gasteiger partial charge in [0.1, 0.15) is 5.82 Å². The Kier molecular flexibility index (Phi) is 4.86. The molecule has 2 rings (SSSR count). The van der Waals surface area contributed by atoms with Crippen molar-refractivity contribution in [1.29, 1.82) is 0 Å². The van der Waals surface area contributed by atoms with E-state index in [-0.39, 0.29) is 22.9 Å². The van der Waals surface area contributed by atoms with Gasteiger partial charge in [0.25, 0.3) is 0 Å². The molecule has 0 radical (unpaired) electrons. The van der Waals surface area contributed by atoms with Crippen molar-refractivity contribution in [2.75, 3.05) is 5.32 Å². The zero-order valence-electron chi connectivity index (χ0n) is 10.1. The van der Waals surface area contributed by atoms with Crippen LogP contribution in [0.1, 0.15) is 5.56 Å². The summed E-state index contributed by atoms with van der Waals surface area (Å²) in [5.41, 5.74) is 0.724. The van der Waals surface area contributed by atoms with Crippen LogP contribution in [-0.4, -0.2) is 5.91 Å². The summed E-state index contributed by atoms with van der Waals surface area (Å²) >= 11 is 17.3. The Hall–Kier alpha value is -1.29. The Balaban J connectivity index is 2.09. The van der Waals surface area contributed by atoms with Gasteiger partial charge in [-0.1, -0.05) is 40.9 Å². The fourth-order valence-corrected chi connectivity index (χ4v) is 2.35. The maximum absolute atomic E-state index is 13.6. The van der Waals surface area contributed by atoms with E-state index in [1.54, 1.807) is 18.2 Å². The minimum atomic E-state index is -0.517. The number of halogens is 4. The van der Waals surface area contributed by atoms with E-state index in [0.29, 0.717) is 15.7 Å². The molecule has 0 fully saturated rings. The van der Waals surface area contributed by atoms with Crippen LogP contribution in [0.3, 0.4) is 0 Å². The zero-order chi connectivity index (χ0) is 14.7. The first-order valence-electron chi connectivity index (χ1n) is 5.64. The summed E-state index contributed by atoms with van der Waals surface area (Å²) in [5.74, 6) is -0.888. The van der Waals surface area contributed by atoms with Crippen LogP contribution in [0.15, 0.2) is 36.4 Å². The number of benzene rings is 2. The van der Waals surface area contributed by atoms with Gasteiger partial charge in [0.15, 0.2) is 0 Å². The molecule has 0 spiro atoms. The van der Waals surface area contributed by atoms with Crippen molar-refractivity contribution in [2.45, 2.75) is 6.42 Å². The van der Waals surface area contributed by atoms with Gasteiger partial charge in [-0.15, -0.1) is 0 Å². The number of carbonyl (C=O) groups is 1. The summed E-state index contributed by atoms with van der Waals surface area (Å²) in [4.78, 5) is 11.8. The van der Waals surface area contributed by atoms with E-state index >= 15 is 0 Å². The SMILES string of the molecule is O=C(Cc1ccc(Cl)cc1F)Nc1cc(Cl)cc(Cl)c1. The maximum Gasteiger partial charge on any atom is 0.228 e. The molecule has 20 heavy (non-hydrogen) atoms. The van der Waals surface area contributed by atoms with E-state index in [1.165, 1.54) is 18.2 Å². The van der Waals surface area contributed by atoms with Crippen LogP contribution < -0.4 is 5.32 Å². The fraction of sp³-hybridized carbons (Fsp3) is 0.0714. The number of amides is 1. The van der Waals surface area contributed by atoms with Crippen molar-refractivity contribution in [3.05, 3.63) is 62.8 Å². The number of nitrogens with one attached hydrogen (secondary N) is 1. The van der Waals surface area contributed by atoms with E-state index in [2.05, 4.69) is 5.32 Å². The zero-order valence-corrected chi connectivity index (χ0v) is 12.4. The Morgan fingerprint density at radius 2 is 1.65 bits per heavy atom. The molecule has 0 unspecified atom stereocenters. The second-order valence-corrected chi connectivity index (χ2v) is 5.43. The molecule has 1 amide bonds. The smallest absolute Gasteiger partial charge is 0.228 e. The van der Waals surface area contributed by atoms with Crippen molar-refractivity contribution < 1.29 is 9.18 Å². The predicted molar refractivity (Wildman–Crippen MR) is 80.2 cm³/mol. The average Bonchev–Trinajstić information content (AvgIpc) is 2.31. The fourth-order valence-electron chi connectivity index (χ4n) is 1.67. The van der Waals surface area contributed by atoms with Crippen LogP contribution in [0, 0.1) is 5.82 Å². The molecule has 2 aromatic rings. The third kappa shape index (κ3) is 4.10. The van der Waals surface area contributed by atoms with Gasteiger partial charge >= 0.3 is 0 Å². The third-order valence-corrected chi connectivity index (χ3v) is 3.18. The first-order chi connectivity index (χ1) is 9.44. The quantitative estimate of drug-likeness (QED) is 0.845. The summed E-state index contributed by atoms with van der Waals surface area (Å²) in [6.07, 6.45) is -0.104. The first kappa shape index (κ1) is 15.1. The van der Waals surface area contributed by atoms with Crippen molar-refractivity contribution in [1.82, 2.24) is 0 Å². The Morgan fingerprint density at radius 1 is 1.00 bits per heavy atom. The second-order valence-electron chi connectivity index (χ2n) is 4.12. The Labute approximate surface area is 130 Å². The standard InChI is InChI=1S/C14H9Cl3FNO/c15-9-2-1-8(13(18)7-9)3-14(20)19-12-5-10(16)4-11(17)6-12/h1-2,4-7H,3H2,(H,19,20). The molecule has 0 aliphatic carbocycles. The molecule has 0 heterocycles. The van der Waals surface area contributed by atoms with E-state index in [1.807, 2.05) is 0 Å². The van der Waals surface area contributed by atoms with Gasteiger partial charge in [-0.05, 0) is 35.9 Å². The van der Waals surface area contributed by atoms with Crippen LogP contribution in [0.2, 0.25) is 15.1 Å². The average molecular weight is 333 g/mol. The van der Waals surface area contributed by atoms with Gasteiger partial charge in [-0.3, -0.25) is 4.79 Å². The Morgan fingerprint density at radius 3 is 2.25 bits per heavy atom. The molecule has 0 aliphatic heterocycles. The van der Waals surface area contributed by atoms with Crippen LogP contribution in [-0.2, 0) is 11.2 Å². The highest BCUT2D eigenvalue weighted by Gasteiger charge is 2.09. The van der Waals surface area contributed by atoms with Crippen LogP contribution in [0.25, 0.3) is 0 Å². The predicted octanol–water partition coefficient (Wildman–Crippen LogP) is 4.97. The summed E-state index contributed by atoms with van der Waals surface area (Å²) in [6, 6.07) is 8.84. The van der Waals surface area contributed by atoms with Gasteiger partial charge in [-0.25, -0.2) is 4.39 Å². The molecular formula is C14H9Cl3FNO. The second kappa shape index (κ2) is 6.44. The maximum atomic E-state index is 13.6. The third-order valence-electron chi connectivity index (χ3n) is 2.51. The minimum Gasteiger partial charge on any atom is -0.326 e. The minimum absolute atomic E-state index is 0.104. The lowest BCUT2D eigenvalue weighted by molar-refractivity contribution is -0.115. The summed E-state index contributed by atoms with van der Waals surface area (Å²) in [6.45, 7) is 0. The molecule has 0 aliphatic rings. The molecule has 0 saturated heterocycles. The number of hydrogen-bond donors (Lipinski definition) is 1. The van der Waals surface area contributed by atoms with E-state index in [0.717, 1.165) is 0 Å². The Bertz CT molecular complexity index is 641. The lowest BCUT2D eigenvalue weighted by atomic mass is 10.1. The van der Waals surface area contributed by atoms with Crippen molar-refractivity contribution in [3.8, 4) is 0 Å². The molecule has 6 heteroatoms. The summed E-state index contributed by atoms with van der Waals surface area (Å²) in [7, 11) is 0. The van der Waals surface area contributed by atoms with Gasteiger partial charge < -0.3 is 5.32 Å². The van der Waals surface area contributed by atoms with E-state index in [9.17, 15) is 9.18 Å². The van der Waals surface area contributed by atoms with Crippen molar-refractivity contribution in [3.63, 3.8) is 0 Å². The van der Waals surface area contributed by atoms with E-state index < -0.39 is 5.82 Å². The van der Waals surface area contributed by atoms with Crippen LogP contribution in [0.5, 0.6) is 0 Å². The highest BCUT2D eigenvalue weighted by Crippen LogP contribution is 2.23.